The van der Waals surface area contributed by atoms with Crippen LogP contribution in [0.1, 0.15) is 19.8 Å². The van der Waals surface area contributed by atoms with Gasteiger partial charge in [0.1, 0.15) is 0 Å². The Morgan fingerprint density at radius 2 is 2.35 bits per heavy atom. The number of hydrazine groups is 1. The van der Waals surface area contributed by atoms with E-state index in [1.54, 1.807) is 6.07 Å². The molecule has 6 heteroatoms. The lowest BCUT2D eigenvalue weighted by Crippen LogP contribution is -2.42. The number of hydrogen-bond donors (Lipinski definition) is 2. The summed E-state index contributed by atoms with van der Waals surface area (Å²) < 4.78 is 19.4. The van der Waals surface area contributed by atoms with E-state index in [0.29, 0.717) is 10.9 Å². The first-order chi connectivity index (χ1) is 8.08. The minimum atomic E-state index is -0.777. The molecule has 0 radical (unpaired) electrons. The van der Waals surface area contributed by atoms with E-state index in [9.17, 15) is 9.18 Å². The lowest BCUT2D eigenvalue weighted by Gasteiger charge is -2.17. The zero-order valence-electron chi connectivity index (χ0n) is 9.37. The van der Waals surface area contributed by atoms with Crippen LogP contribution in [0.2, 0.25) is 0 Å². The first-order valence-electron chi connectivity index (χ1n) is 5.20. The third kappa shape index (κ3) is 3.98. The van der Waals surface area contributed by atoms with Crippen LogP contribution in [0.5, 0.6) is 5.75 Å². The second-order valence-electron chi connectivity index (χ2n) is 3.48. The average Bonchev–Trinajstić information content (AvgIpc) is 2.30. The topological polar surface area (TPSA) is 64.3 Å². The molecule has 0 aromatic heterocycles. The summed E-state index contributed by atoms with van der Waals surface area (Å²) in [5, 5.41) is 0. The van der Waals surface area contributed by atoms with Crippen LogP contribution in [0.3, 0.4) is 0 Å². The highest BCUT2D eigenvalue weighted by Gasteiger charge is 2.19. The van der Waals surface area contributed by atoms with Gasteiger partial charge in [-0.1, -0.05) is 29.3 Å². The van der Waals surface area contributed by atoms with E-state index in [4.69, 9.17) is 10.6 Å². The fraction of sp³-hybridized carbons (Fsp3) is 0.364. The number of rotatable bonds is 5. The highest BCUT2D eigenvalue weighted by atomic mass is 79.9. The van der Waals surface area contributed by atoms with E-state index in [1.165, 1.54) is 12.1 Å². The lowest BCUT2D eigenvalue weighted by atomic mass is 10.2. The monoisotopic (exact) mass is 304 g/mol. The van der Waals surface area contributed by atoms with E-state index in [-0.39, 0.29) is 5.75 Å². The van der Waals surface area contributed by atoms with Gasteiger partial charge < -0.3 is 4.74 Å². The molecule has 1 aromatic rings. The van der Waals surface area contributed by atoms with Crippen molar-refractivity contribution < 1.29 is 13.9 Å². The van der Waals surface area contributed by atoms with Gasteiger partial charge >= 0.3 is 0 Å². The number of nitrogens with two attached hydrogens (primary N) is 1. The Bertz CT molecular complexity index is 401. The van der Waals surface area contributed by atoms with Crippen LogP contribution in [-0.4, -0.2) is 12.0 Å². The summed E-state index contributed by atoms with van der Waals surface area (Å²) in [6, 6.07) is 4.38. The molecule has 1 amide bonds. The van der Waals surface area contributed by atoms with Crippen molar-refractivity contribution in [2.24, 2.45) is 5.84 Å². The molecular formula is C11H14BrFN2O2. The van der Waals surface area contributed by atoms with E-state index >= 15 is 0 Å². The Hall–Kier alpha value is -1.14. The summed E-state index contributed by atoms with van der Waals surface area (Å²) in [6.07, 6.45) is 0.426. The van der Waals surface area contributed by atoms with Crippen molar-refractivity contribution in [2.75, 3.05) is 0 Å². The van der Waals surface area contributed by atoms with Crippen LogP contribution >= 0.6 is 15.9 Å². The molecule has 0 heterocycles. The highest BCUT2D eigenvalue weighted by molar-refractivity contribution is 9.10. The van der Waals surface area contributed by atoms with Gasteiger partial charge in [-0.2, -0.15) is 0 Å². The Labute approximate surface area is 107 Å². The second kappa shape index (κ2) is 6.56. The van der Waals surface area contributed by atoms with Crippen molar-refractivity contribution in [3.05, 3.63) is 28.5 Å². The van der Waals surface area contributed by atoms with Gasteiger partial charge in [0.2, 0.25) is 0 Å². The van der Waals surface area contributed by atoms with Gasteiger partial charge in [-0.15, -0.1) is 0 Å². The molecule has 0 bridgehead atoms. The summed E-state index contributed by atoms with van der Waals surface area (Å²) in [4.78, 5) is 11.4. The van der Waals surface area contributed by atoms with Crippen molar-refractivity contribution in [3.63, 3.8) is 0 Å². The number of amides is 1. The molecule has 1 unspecified atom stereocenters. The summed E-state index contributed by atoms with van der Waals surface area (Å²) in [5.74, 6) is 4.09. The molecule has 0 aliphatic carbocycles. The minimum Gasteiger partial charge on any atom is -0.477 e. The van der Waals surface area contributed by atoms with Crippen LogP contribution in [0.15, 0.2) is 22.7 Å². The Morgan fingerprint density at radius 1 is 1.65 bits per heavy atom. The number of halogens is 2. The summed E-state index contributed by atoms with van der Waals surface area (Å²) >= 11 is 3.14. The van der Waals surface area contributed by atoms with E-state index in [2.05, 4.69) is 15.9 Å². The third-order valence-electron chi connectivity index (χ3n) is 2.15. The summed E-state index contributed by atoms with van der Waals surface area (Å²) in [7, 11) is 0. The molecule has 0 aliphatic rings. The summed E-state index contributed by atoms with van der Waals surface area (Å²) in [6.45, 7) is 1.90. The van der Waals surface area contributed by atoms with Crippen LogP contribution in [0, 0.1) is 5.82 Å². The zero-order valence-corrected chi connectivity index (χ0v) is 11.0. The van der Waals surface area contributed by atoms with Gasteiger partial charge in [-0.3, -0.25) is 10.2 Å². The molecule has 0 saturated heterocycles. The summed E-state index contributed by atoms with van der Waals surface area (Å²) in [5.41, 5.74) is 2.01. The van der Waals surface area contributed by atoms with Gasteiger partial charge in [0.15, 0.2) is 17.7 Å². The smallest absolute Gasteiger partial charge is 0.274 e. The fourth-order valence-electron chi connectivity index (χ4n) is 1.32. The van der Waals surface area contributed by atoms with Crippen molar-refractivity contribution in [2.45, 2.75) is 25.9 Å². The van der Waals surface area contributed by atoms with Gasteiger partial charge in [-0.25, -0.2) is 10.2 Å². The first kappa shape index (κ1) is 13.9. The highest BCUT2D eigenvalue weighted by Crippen LogP contribution is 2.23. The number of ether oxygens (including phenoxy) is 1. The Kier molecular flexibility index (Phi) is 5.37. The molecule has 1 atom stereocenters. The van der Waals surface area contributed by atoms with E-state index in [0.717, 1.165) is 6.42 Å². The van der Waals surface area contributed by atoms with E-state index in [1.807, 2.05) is 12.3 Å². The van der Waals surface area contributed by atoms with Gasteiger partial charge in [0, 0.05) is 4.47 Å². The number of carbonyl (C=O) groups is 1. The molecule has 0 fully saturated rings. The SMILES string of the molecule is CCCC(Oc1ccc(Br)cc1F)C(=O)NN. The Balaban J connectivity index is 2.82. The largest absolute Gasteiger partial charge is 0.477 e. The minimum absolute atomic E-state index is 0.0373. The van der Waals surface area contributed by atoms with Crippen LogP contribution in [0.4, 0.5) is 4.39 Å². The normalized spacial score (nSPS) is 12.0. The standard InChI is InChI=1S/C11H14BrFN2O2/c1-2-3-10(11(16)15-14)17-9-5-4-7(12)6-8(9)13/h4-6,10H,2-3,14H2,1H3,(H,15,16). The number of nitrogens with one attached hydrogen (secondary N) is 1. The predicted octanol–water partition coefficient (Wildman–Crippen LogP) is 2.13. The molecule has 94 valence electrons. The maximum Gasteiger partial charge on any atom is 0.274 e. The molecule has 0 spiro atoms. The van der Waals surface area contributed by atoms with Crippen LogP contribution in [-0.2, 0) is 4.79 Å². The third-order valence-corrected chi connectivity index (χ3v) is 2.64. The van der Waals surface area contributed by atoms with Crippen molar-refractivity contribution >= 4 is 21.8 Å². The zero-order chi connectivity index (χ0) is 12.8. The first-order valence-corrected chi connectivity index (χ1v) is 6.00. The molecule has 0 aliphatic heterocycles. The van der Waals surface area contributed by atoms with Gasteiger partial charge in [0.25, 0.3) is 5.91 Å². The maximum absolute atomic E-state index is 13.5. The quantitative estimate of drug-likeness (QED) is 0.497. The van der Waals surface area contributed by atoms with Gasteiger partial charge in [-0.05, 0) is 24.6 Å². The maximum atomic E-state index is 13.5. The fourth-order valence-corrected chi connectivity index (χ4v) is 1.66. The second-order valence-corrected chi connectivity index (χ2v) is 4.39. The molecule has 1 aromatic carbocycles. The Morgan fingerprint density at radius 3 is 2.88 bits per heavy atom. The van der Waals surface area contributed by atoms with Crippen LogP contribution in [0.25, 0.3) is 0 Å². The average molecular weight is 305 g/mol. The molecule has 0 saturated carbocycles. The van der Waals surface area contributed by atoms with Crippen molar-refractivity contribution in [1.29, 1.82) is 0 Å². The number of carbonyl (C=O) groups excluding carboxylic acids is 1. The molecule has 3 N–H and O–H groups in total. The molecule has 4 nitrogen and oxygen atoms in total. The van der Waals surface area contributed by atoms with Gasteiger partial charge in [0.05, 0.1) is 0 Å². The predicted molar refractivity (Wildman–Crippen MR) is 65.8 cm³/mol. The van der Waals surface area contributed by atoms with Crippen molar-refractivity contribution in [1.82, 2.24) is 5.43 Å². The number of benzene rings is 1. The molecular weight excluding hydrogens is 291 g/mol. The molecule has 1 rings (SSSR count). The van der Waals surface area contributed by atoms with E-state index < -0.39 is 17.8 Å². The van der Waals surface area contributed by atoms with Crippen LogP contribution < -0.4 is 16.0 Å². The van der Waals surface area contributed by atoms with Crippen molar-refractivity contribution in [3.8, 4) is 5.75 Å². The molecule has 17 heavy (non-hydrogen) atoms. The number of hydrogen-bond acceptors (Lipinski definition) is 3. The lowest BCUT2D eigenvalue weighted by molar-refractivity contribution is -0.128.